The summed E-state index contributed by atoms with van der Waals surface area (Å²) in [4.78, 5) is 5.41. The first kappa shape index (κ1) is 17.1. The van der Waals surface area contributed by atoms with Gasteiger partial charge >= 0.3 is 0 Å². The third kappa shape index (κ3) is 3.75. The standard InChI is InChI=1S/C19H12Cl2N2O2S/c20-14-7-8-16(15(21)10-14)24-11-12-3-5-13(6-4-12)19-22-18(23-25-19)17-2-1-9-26-17/h1-10H,11H2. The van der Waals surface area contributed by atoms with Gasteiger partial charge in [-0.3, -0.25) is 0 Å². The zero-order valence-corrected chi connectivity index (χ0v) is 15.7. The van der Waals surface area contributed by atoms with Gasteiger partial charge in [0.1, 0.15) is 12.4 Å². The predicted molar refractivity (Wildman–Crippen MR) is 104 cm³/mol. The Bertz CT molecular complexity index is 1010. The fraction of sp³-hybridized carbons (Fsp3) is 0.0526. The van der Waals surface area contributed by atoms with Crippen LogP contribution < -0.4 is 4.74 Å². The van der Waals surface area contributed by atoms with Gasteiger partial charge in [0.2, 0.25) is 5.82 Å². The van der Waals surface area contributed by atoms with Crippen molar-refractivity contribution in [3.8, 4) is 27.9 Å². The van der Waals surface area contributed by atoms with Crippen molar-refractivity contribution in [3.63, 3.8) is 0 Å². The van der Waals surface area contributed by atoms with Crippen molar-refractivity contribution < 1.29 is 9.26 Å². The van der Waals surface area contributed by atoms with Crippen molar-refractivity contribution >= 4 is 34.5 Å². The number of thiophene rings is 1. The molecule has 2 heterocycles. The van der Waals surface area contributed by atoms with Crippen LogP contribution in [0.1, 0.15) is 5.56 Å². The average molecular weight is 403 g/mol. The Balaban J connectivity index is 1.45. The molecule has 130 valence electrons. The van der Waals surface area contributed by atoms with Gasteiger partial charge in [-0.2, -0.15) is 4.98 Å². The van der Waals surface area contributed by atoms with Gasteiger partial charge < -0.3 is 9.26 Å². The molecule has 0 N–H and O–H groups in total. The lowest BCUT2D eigenvalue weighted by Gasteiger charge is -2.08. The van der Waals surface area contributed by atoms with E-state index in [2.05, 4.69) is 10.1 Å². The summed E-state index contributed by atoms with van der Waals surface area (Å²) in [5.74, 6) is 1.68. The summed E-state index contributed by atoms with van der Waals surface area (Å²) >= 11 is 13.6. The summed E-state index contributed by atoms with van der Waals surface area (Å²) in [7, 11) is 0. The number of aromatic nitrogens is 2. The van der Waals surface area contributed by atoms with E-state index < -0.39 is 0 Å². The van der Waals surface area contributed by atoms with Gasteiger partial charge in [-0.25, -0.2) is 0 Å². The molecule has 4 rings (SSSR count). The van der Waals surface area contributed by atoms with E-state index >= 15 is 0 Å². The average Bonchev–Trinajstić information content (AvgIpc) is 3.33. The molecular formula is C19H12Cl2N2O2S. The van der Waals surface area contributed by atoms with Crippen LogP contribution in [0.15, 0.2) is 64.5 Å². The lowest BCUT2D eigenvalue weighted by Crippen LogP contribution is -1.95. The lowest BCUT2D eigenvalue weighted by atomic mass is 10.1. The van der Waals surface area contributed by atoms with Gasteiger partial charge in [-0.05, 0) is 47.3 Å². The Morgan fingerprint density at radius 3 is 2.62 bits per heavy atom. The van der Waals surface area contributed by atoms with E-state index in [-0.39, 0.29) is 0 Å². The molecule has 0 aliphatic heterocycles. The highest BCUT2D eigenvalue weighted by atomic mass is 35.5. The van der Waals surface area contributed by atoms with Crippen molar-refractivity contribution in [2.75, 3.05) is 0 Å². The van der Waals surface area contributed by atoms with Crippen molar-refractivity contribution in [1.82, 2.24) is 10.1 Å². The Labute approximate surface area is 164 Å². The van der Waals surface area contributed by atoms with E-state index in [4.69, 9.17) is 32.5 Å². The van der Waals surface area contributed by atoms with Crippen LogP contribution in [0.4, 0.5) is 0 Å². The normalized spacial score (nSPS) is 10.8. The van der Waals surface area contributed by atoms with E-state index in [1.165, 1.54) is 0 Å². The molecule has 0 spiro atoms. The molecule has 0 fully saturated rings. The fourth-order valence-corrected chi connectivity index (χ4v) is 3.46. The molecule has 4 aromatic rings. The molecule has 26 heavy (non-hydrogen) atoms. The quantitative estimate of drug-likeness (QED) is 0.390. The van der Waals surface area contributed by atoms with Gasteiger partial charge in [0.05, 0.1) is 9.90 Å². The van der Waals surface area contributed by atoms with Crippen LogP contribution in [0, 0.1) is 0 Å². The maximum absolute atomic E-state index is 6.11. The lowest BCUT2D eigenvalue weighted by molar-refractivity contribution is 0.306. The van der Waals surface area contributed by atoms with Crippen LogP contribution in [-0.4, -0.2) is 10.1 Å². The maximum atomic E-state index is 6.11. The minimum atomic E-state index is 0.395. The molecule has 0 saturated carbocycles. The highest BCUT2D eigenvalue weighted by molar-refractivity contribution is 7.13. The first-order valence-corrected chi connectivity index (χ1v) is 9.37. The van der Waals surface area contributed by atoms with Crippen LogP contribution in [-0.2, 0) is 6.61 Å². The second-order valence-electron chi connectivity index (χ2n) is 5.46. The molecule has 2 aromatic carbocycles. The number of halogens is 2. The summed E-state index contributed by atoms with van der Waals surface area (Å²) in [6, 6.07) is 16.8. The summed E-state index contributed by atoms with van der Waals surface area (Å²) < 4.78 is 11.1. The molecule has 7 heteroatoms. The zero-order chi connectivity index (χ0) is 17.9. The largest absolute Gasteiger partial charge is 0.487 e. The monoisotopic (exact) mass is 402 g/mol. The van der Waals surface area contributed by atoms with Gasteiger partial charge in [0.15, 0.2) is 0 Å². The number of nitrogens with zero attached hydrogens (tertiary/aromatic N) is 2. The SMILES string of the molecule is Clc1ccc(OCc2ccc(-c3nc(-c4cccs4)no3)cc2)c(Cl)c1. The molecule has 0 bridgehead atoms. The molecule has 0 saturated heterocycles. The number of benzene rings is 2. The molecule has 2 aromatic heterocycles. The predicted octanol–water partition coefficient (Wildman–Crippen LogP) is 6.35. The maximum Gasteiger partial charge on any atom is 0.258 e. The highest BCUT2D eigenvalue weighted by Gasteiger charge is 2.11. The number of rotatable bonds is 5. The number of hydrogen-bond acceptors (Lipinski definition) is 5. The molecule has 4 nitrogen and oxygen atoms in total. The zero-order valence-electron chi connectivity index (χ0n) is 13.4. The topological polar surface area (TPSA) is 48.2 Å². The van der Waals surface area contributed by atoms with Gasteiger partial charge in [0, 0.05) is 10.6 Å². The summed E-state index contributed by atoms with van der Waals surface area (Å²) in [5, 5.41) is 7.07. The van der Waals surface area contributed by atoms with Gasteiger partial charge in [-0.15, -0.1) is 11.3 Å². The second-order valence-corrected chi connectivity index (χ2v) is 7.25. The first-order valence-electron chi connectivity index (χ1n) is 7.74. The van der Waals surface area contributed by atoms with Gasteiger partial charge in [-0.1, -0.05) is 46.6 Å². The number of hydrogen-bond donors (Lipinski definition) is 0. The van der Waals surface area contributed by atoms with Crippen LogP contribution in [0.25, 0.3) is 22.2 Å². The summed E-state index contributed by atoms with van der Waals surface area (Å²) in [5.41, 5.74) is 1.85. The van der Waals surface area contributed by atoms with E-state index in [0.29, 0.717) is 34.1 Å². The highest BCUT2D eigenvalue weighted by Crippen LogP contribution is 2.29. The molecular weight excluding hydrogens is 391 g/mol. The molecule has 0 radical (unpaired) electrons. The van der Waals surface area contributed by atoms with Crippen molar-refractivity contribution in [3.05, 3.63) is 75.6 Å². The molecule has 0 amide bonds. The van der Waals surface area contributed by atoms with E-state index in [9.17, 15) is 0 Å². The van der Waals surface area contributed by atoms with E-state index in [1.54, 1.807) is 29.5 Å². The Kier molecular flexibility index (Phi) is 4.93. The second kappa shape index (κ2) is 7.50. The Hall–Kier alpha value is -2.34. The third-order valence-electron chi connectivity index (χ3n) is 3.66. The molecule has 0 atom stereocenters. The molecule has 0 aliphatic carbocycles. The van der Waals surface area contributed by atoms with E-state index in [0.717, 1.165) is 16.0 Å². The number of ether oxygens (including phenoxy) is 1. The van der Waals surface area contributed by atoms with Crippen molar-refractivity contribution in [2.45, 2.75) is 6.61 Å². The third-order valence-corrected chi connectivity index (χ3v) is 5.05. The smallest absolute Gasteiger partial charge is 0.258 e. The molecule has 0 aliphatic rings. The summed E-state index contributed by atoms with van der Waals surface area (Å²) in [6.45, 7) is 0.395. The van der Waals surface area contributed by atoms with Crippen LogP contribution >= 0.6 is 34.5 Å². The Morgan fingerprint density at radius 1 is 1.04 bits per heavy atom. The Morgan fingerprint density at radius 2 is 1.88 bits per heavy atom. The fourth-order valence-electron chi connectivity index (χ4n) is 2.34. The minimum absolute atomic E-state index is 0.395. The van der Waals surface area contributed by atoms with E-state index in [1.807, 2.05) is 41.8 Å². The summed E-state index contributed by atoms with van der Waals surface area (Å²) in [6.07, 6.45) is 0. The van der Waals surface area contributed by atoms with Crippen LogP contribution in [0.3, 0.4) is 0 Å². The van der Waals surface area contributed by atoms with Crippen LogP contribution in [0.2, 0.25) is 10.0 Å². The first-order chi connectivity index (χ1) is 12.7. The minimum Gasteiger partial charge on any atom is -0.487 e. The van der Waals surface area contributed by atoms with Gasteiger partial charge in [0.25, 0.3) is 5.89 Å². The molecule has 0 unspecified atom stereocenters. The van der Waals surface area contributed by atoms with Crippen molar-refractivity contribution in [1.29, 1.82) is 0 Å². The van der Waals surface area contributed by atoms with Crippen molar-refractivity contribution in [2.24, 2.45) is 0 Å². The van der Waals surface area contributed by atoms with Crippen LogP contribution in [0.5, 0.6) is 5.75 Å².